The Hall–Kier alpha value is -8.86. The summed E-state index contributed by atoms with van der Waals surface area (Å²) in [5.74, 6) is -12.8. The van der Waals surface area contributed by atoms with Crippen molar-refractivity contribution < 1.29 is 82.8 Å². The number of primary amides is 1. The number of nitrogens with two attached hydrogens (primary N) is 1. The van der Waals surface area contributed by atoms with Gasteiger partial charge in [-0.3, -0.25) is 38.4 Å². The average molecular weight is 1160 g/mol. The quantitative estimate of drug-likeness (QED) is 0.0712. The molecule has 5 aromatic carbocycles. The minimum Gasteiger partial charge on any atom is -0.507 e. The number of nitrogens with one attached hydrogen (secondary N) is 4. The van der Waals surface area contributed by atoms with Crippen LogP contribution in [0.5, 0.6) is 46.0 Å². The third-order valence-electron chi connectivity index (χ3n) is 15.9. The number of hydrogen-bond donors (Lipinski definition) is 10. The zero-order valence-electron chi connectivity index (χ0n) is 47.9. The van der Waals surface area contributed by atoms with Crippen molar-refractivity contribution in [1.82, 2.24) is 21.3 Å². The van der Waals surface area contributed by atoms with Crippen LogP contribution in [0.4, 0.5) is 0 Å². The van der Waals surface area contributed by atoms with Crippen LogP contribution < -0.4 is 41.2 Å². The van der Waals surface area contributed by atoms with Crippen molar-refractivity contribution in [2.24, 2.45) is 23.5 Å². The van der Waals surface area contributed by atoms with Crippen molar-refractivity contribution in [3.8, 4) is 57.1 Å². The summed E-state index contributed by atoms with van der Waals surface area (Å²) in [4.78, 5) is 115. The summed E-state index contributed by atoms with van der Waals surface area (Å²) in [7, 11) is 2.89. The third-order valence-corrected chi connectivity index (χ3v) is 15.9. The molecule has 10 rings (SSSR count). The molecule has 0 saturated heterocycles. The van der Waals surface area contributed by atoms with Crippen molar-refractivity contribution in [3.63, 3.8) is 0 Å². The minimum absolute atomic E-state index is 0.00506. The van der Waals surface area contributed by atoms with Gasteiger partial charge in [0, 0.05) is 59.4 Å². The molecule has 5 aliphatic heterocycles. The number of hydrogen-bond acceptors (Lipinski definition) is 18. The number of carbonyl (C=O) groups excluding carboxylic acids is 8. The molecule has 0 fully saturated rings. The lowest BCUT2D eigenvalue weighted by molar-refractivity contribution is -0.143. The van der Waals surface area contributed by atoms with Gasteiger partial charge in [-0.15, -0.1) is 0 Å². The number of phenolic OH excluding ortho intramolecular Hbond substituents is 3. The number of amides is 4. The Bertz CT molecular complexity index is 3510. The first-order valence-electron chi connectivity index (χ1n) is 27.3. The highest BCUT2D eigenvalue weighted by molar-refractivity contribution is 6.00. The number of fused-ring (bicyclic) bond motifs is 15. The van der Waals surface area contributed by atoms with E-state index in [-0.39, 0.29) is 96.8 Å². The van der Waals surface area contributed by atoms with E-state index in [1.807, 2.05) is 13.8 Å². The molecule has 11 N–H and O–H groups in total. The second-order valence-electron chi connectivity index (χ2n) is 22.2. The van der Waals surface area contributed by atoms with E-state index >= 15 is 14.4 Å². The number of aliphatic hydroxyl groups is 2. The van der Waals surface area contributed by atoms with Gasteiger partial charge in [-0.2, -0.15) is 0 Å². The minimum atomic E-state index is -1.85. The SMILES string of the molecule is CN[C@H](CC(C)C)C(=O)N[C@H]1C(=O)C[C@@H](CC(N)=O)C(=O)N[C@H]2C(=O)C[C@@H]3C(=O)C[C@H](C(=O)N[C@H](OC=O)c4c(C)c(O)c(C)c(O)c4-c4cc3cc(C)c4O)[C@H](O)c3ccc(c(C)c3)Oc3cc2cc(c3OC)Oc2ccc(cc2C)[C@H]1O. The Kier molecular flexibility index (Phi) is 18.2. The molecule has 22 nitrogen and oxygen atoms in total. The lowest BCUT2D eigenvalue weighted by atomic mass is 9.79. The van der Waals surface area contributed by atoms with Crippen LogP contribution in [0.25, 0.3) is 11.1 Å². The van der Waals surface area contributed by atoms with Crippen molar-refractivity contribution in [2.75, 3.05) is 14.2 Å². The number of methoxy groups -OCH3 is 1. The molecule has 444 valence electrons. The highest BCUT2D eigenvalue weighted by Gasteiger charge is 2.42. The summed E-state index contributed by atoms with van der Waals surface area (Å²) in [5, 5.41) is 70.6. The molecular weight excluding hydrogens is 1090 g/mol. The van der Waals surface area contributed by atoms with Crippen LogP contribution in [0, 0.1) is 52.4 Å². The van der Waals surface area contributed by atoms with Gasteiger partial charge in [0.25, 0.3) is 6.47 Å². The first-order valence-corrected chi connectivity index (χ1v) is 27.3. The lowest BCUT2D eigenvalue weighted by Crippen LogP contribution is -2.52. The molecule has 11 bridgehead atoms. The first kappa shape index (κ1) is 61.2. The molecule has 4 amide bonds. The standard InChI is InChI=1S/C62H69N5O17/c1-26(2)14-40(64-8)61(80)66-52-42(70)19-36(22-48(63)72)59(78)65-51-35-20-46(58(81-9)47(21-35)84-45-13-11-33(57(52)77)16-28(45)4)83-44-12-10-32(15-27(44)3)56(76)39-24-41(69)37(23-43(51)71)34-17-29(5)53(73)38(18-34)50-49(62(82-25-68)67-60(39)79)30(6)54(74)31(7)55(50)75/h10-13,15-18,20-21,25-26,36-37,39-40,51-52,56-57,62,64,73-77H,14,19,22-24H2,1-9H3,(H2,63,72)(H,65,78)(H,66,80)(H,67,79)/t36-,37-,39-,40+,51+,52-,56+,57+,62+/m0/s1. The predicted octanol–water partition coefficient (Wildman–Crippen LogP) is 6.05. The number of aliphatic hydroxyl groups excluding tert-OH is 2. The van der Waals surface area contributed by atoms with E-state index in [0.29, 0.717) is 17.5 Å². The second-order valence-corrected chi connectivity index (χ2v) is 22.2. The molecule has 22 heteroatoms. The predicted molar refractivity (Wildman–Crippen MR) is 302 cm³/mol. The number of benzene rings is 5. The lowest BCUT2D eigenvalue weighted by Gasteiger charge is -2.31. The number of ether oxygens (including phenoxy) is 4. The molecule has 9 atom stereocenters. The number of ketones is 3. The Morgan fingerprint density at radius 2 is 1.32 bits per heavy atom. The van der Waals surface area contributed by atoms with E-state index in [1.54, 1.807) is 20.9 Å². The average Bonchev–Trinajstić information content (AvgIpc) is 1.27. The van der Waals surface area contributed by atoms with Gasteiger partial charge in [-0.1, -0.05) is 32.0 Å². The van der Waals surface area contributed by atoms with E-state index in [0.717, 1.165) is 0 Å². The fourth-order valence-corrected chi connectivity index (χ4v) is 11.3. The fourth-order valence-electron chi connectivity index (χ4n) is 11.3. The number of likely N-dealkylation sites (N-methyl/N-ethyl adjacent to an activating group) is 1. The van der Waals surface area contributed by atoms with E-state index in [2.05, 4.69) is 21.3 Å². The van der Waals surface area contributed by atoms with Crippen LogP contribution in [0.15, 0.2) is 60.7 Å². The Morgan fingerprint density at radius 3 is 1.88 bits per heavy atom. The topological polar surface area (TPSA) is 349 Å². The summed E-state index contributed by atoms with van der Waals surface area (Å²) in [6.45, 7) is 11.3. The number of aryl methyl sites for hydroxylation is 3. The highest BCUT2D eigenvalue weighted by Crippen LogP contribution is 2.51. The Morgan fingerprint density at radius 1 is 0.714 bits per heavy atom. The van der Waals surface area contributed by atoms with Gasteiger partial charge in [-0.05, 0) is 135 Å². The van der Waals surface area contributed by atoms with E-state index < -0.39 is 138 Å². The van der Waals surface area contributed by atoms with Crippen LogP contribution in [0.3, 0.4) is 0 Å². The van der Waals surface area contributed by atoms with Gasteiger partial charge in [-0.25, -0.2) is 0 Å². The van der Waals surface area contributed by atoms with Gasteiger partial charge < -0.3 is 71.5 Å². The number of phenols is 3. The molecule has 0 unspecified atom stereocenters. The van der Waals surface area contributed by atoms with Gasteiger partial charge in [0.15, 0.2) is 23.1 Å². The van der Waals surface area contributed by atoms with Crippen molar-refractivity contribution in [1.29, 1.82) is 0 Å². The molecule has 5 heterocycles. The van der Waals surface area contributed by atoms with Gasteiger partial charge >= 0.3 is 0 Å². The van der Waals surface area contributed by atoms with Crippen LogP contribution in [-0.2, 0) is 43.1 Å². The summed E-state index contributed by atoms with van der Waals surface area (Å²) in [5.41, 5.74) is 6.20. The van der Waals surface area contributed by atoms with Crippen molar-refractivity contribution in [2.45, 2.75) is 123 Å². The van der Waals surface area contributed by atoms with Gasteiger partial charge in [0.2, 0.25) is 35.6 Å². The molecule has 5 aromatic rings. The molecule has 0 saturated carbocycles. The molecular formula is C62H69N5O17. The summed E-state index contributed by atoms with van der Waals surface area (Å²) < 4.78 is 24.6. The summed E-state index contributed by atoms with van der Waals surface area (Å²) >= 11 is 0. The Balaban J connectivity index is 1.40. The van der Waals surface area contributed by atoms with Gasteiger partial charge in [0.05, 0.1) is 31.1 Å². The van der Waals surface area contributed by atoms with E-state index in [1.165, 1.54) is 88.5 Å². The van der Waals surface area contributed by atoms with Crippen LogP contribution in [0.2, 0.25) is 0 Å². The Labute approximate surface area is 484 Å². The van der Waals surface area contributed by atoms with Crippen molar-refractivity contribution >= 4 is 47.5 Å². The molecule has 5 aliphatic rings. The monoisotopic (exact) mass is 1160 g/mol. The maximum atomic E-state index is 15.8. The zero-order chi connectivity index (χ0) is 61.3. The van der Waals surface area contributed by atoms with Crippen LogP contribution in [0.1, 0.15) is 132 Å². The fraction of sp³-hybridized carbons (Fsp3) is 0.387. The zero-order valence-corrected chi connectivity index (χ0v) is 47.9. The highest BCUT2D eigenvalue weighted by atomic mass is 16.5. The van der Waals surface area contributed by atoms with Gasteiger partial charge in [0.1, 0.15) is 52.7 Å². The smallest absolute Gasteiger partial charge is 0.295 e. The van der Waals surface area contributed by atoms with Crippen LogP contribution >= 0.6 is 0 Å². The maximum Gasteiger partial charge on any atom is 0.295 e. The number of rotatable bonds is 10. The third kappa shape index (κ3) is 12.3. The second kappa shape index (κ2) is 24.9. The van der Waals surface area contributed by atoms with E-state index in [9.17, 15) is 49.5 Å². The van der Waals surface area contributed by atoms with E-state index in [4.69, 9.17) is 24.7 Å². The summed E-state index contributed by atoms with van der Waals surface area (Å²) in [6.07, 6.45) is -8.23. The molecule has 84 heavy (non-hydrogen) atoms. The van der Waals surface area contributed by atoms with Crippen LogP contribution in [-0.4, -0.2) is 99.2 Å². The maximum absolute atomic E-state index is 15.8. The molecule has 0 aliphatic carbocycles. The number of aromatic hydroxyl groups is 3. The normalized spacial score (nSPS) is 22.2. The first-order chi connectivity index (χ1) is 39.8. The van der Waals surface area contributed by atoms with Crippen molar-refractivity contribution in [3.05, 3.63) is 116 Å². The molecule has 0 spiro atoms. The summed E-state index contributed by atoms with van der Waals surface area (Å²) in [6, 6.07) is 10.1. The number of carbonyl (C=O) groups is 8. The molecule has 0 radical (unpaired) electrons. The number of Topliss-reactive ketones (excluding diaryl/α,β-unsaturated/α-hetero) is 3. The molecule has 0 aromatic heterocycles. The largest absolute Gasteiger partial charge is 0.507 e.